The van der Waals surface area contributed by atoms with E-state index in [-0.39, 0.29) is 11.1 Å². The van der Waals surface area contributed by atoms with E-state index in [2.05, 4.69) is 258 Å². The van der Waals surface area contributed by atoms with Crippen molar-refractivity contribution in [3.8, 4) is 45.0 Å². The molecule has 20 aromatic rings. The van der Waals surface area contributed by atoms with E-state index >= 15 is 0 Å². The molecule has 0 atom stereocenters. The second-order valence-electron chi connectivity index (χ2n) is 28.2. The Labute approximate surface area is 617 Å². The van der Waals surface area contributed by atoms with E-state index in [0.717, 1.165) is 99.3 Å². The lowest BCUT2D eigenvalue weighted by atomic mass is 9.97. The smallest absolute Gasteiger partial charge is 0.224 e. The summed E-state index contributed by atoms with van der Waals surface area (Å²) in [5.41, 5.74) is 24.9. The fourth-order valence-electron chi connectivity index (χ4n) is 16.0. The molecule has 105 heavy (non-hydrogen) atoms. The van der Waals surface area contributed by atoms with Crippen molar-refractivity contribution in [2.45, 2.75) is 62.2 Å². The van der Waals surface area contributed by atoms with Crippen molar-refractivity contribution in [3.63, 3.8) is 0 Å². The number of hydrogen-bond donors (Lipinski definition) is 0. The van der Waals surface area contributed by atoms with E-state index in [4.69, 9.17) is 25.9 Å². The third kappa shape index (κ3) is 11.4. The molecule has 0 unspecified atom stereocenters. The van der Waals surface area contributed by atoms with Gasteiger partial charge in [0.1, 0.15) is 77.6 Å². The Morgan fingerprint density at radius 1 is 0.286 bits per heavy atom. The van der Waals surface area contributed by atoms with Gasteiger partial charge in [-0.2, -0.15) is 13.7 Å². The molecule has 0 fully saturated rings. The van der Waals surface area contributed by atoms with Crippen LogP contribution in [0, 0.1) is 62.2 Å². The van der Waals surface area contributed by atoms with E-state index in [1.54, 1.807) is 36.0 Å². The minimum Gasteiger partial charge on any atom is -0.455 e. The maximum Gasteiger partial charge on any atom is 0.224 e. The molecule has 0 bridgehead atoms. The monoisotopic (exact) mass is 1370 g/mol. The van der Waals surface area contributed by atoms with Gasteiger partial charge in [-0.05, 0) is 190 Å². The highest BCUT2D eigenvalue weighted by Gasteiger charge is 2.29. The van der Waals surface area contributed by atoms with Gasteiger partial charge in [0.2, 0.25) is 22.8 Å². The average molecular weight is 1370 g/mol. The molecule has 20 rings (SSSR count). The van der Waals surface area contributed by atoms with Crippen molar-refractivity contribution in [2.24, 2.45) is 28.2 Å². The zero-order chi connectivity index (χ0) is 77.2. The van der Waals surface area contributed by atoms with Crippen molar-refractivity contribution < 1.29 is 44.2 Å². The van der Waals surface area contributed by atoms with Crippen molar-refractivity contribution in [1.29, 1.82) is 0 Å². The molecule has 0 radical (unpaired) electrons. The Hall–Kier alpha value is -12.6. The van der Waals surface area contributed by atoms with Crippen LogP contribution in [0.3, 0.4) is 0 Å². The topological polar surface area (TPSA) is 81.0 Å². The van der Waals surface area contributed by atoms with E-state index < -0.39 is 13.7 Å². The largest absolute Gasteiger partial charge is 0.455 e. The number of aryl methyl sites for hydroxylation is 13. The fourth-order valence-corrected chi connectivity index (χ4v) is 16.0. The van der Waals surface area contributed by atoms with Gasteiger partial charge in [-0.3, -0.25) is 4.98 Å². The van der Waals surface area contributed by atoms with Gasteiger partial charge in [-0.1, -0.05) is 157 Å². The molecule has 0 aliphatic heterocycles. The third-order valence-electron chi connectivity index (χ3n) is 20.9. The summed E-state index contributed by atoms with van der Waals surface area (Å²) in [5.74, 6) is 0. The summed E-state index contributed by atoms with van der Waals surface area (Å²) in [7, 11) is 8.13. The molecule has 0 saturated heterocycles. The zero-order valence-electron chi connectivity index (χ0n) is 66.6. The van der Waals surface area contributed by atoms with Crippen LogP contribution in [0.15, 0.2) is 273 Å². The normalized spacial score (nSPS) is 12.8. The van der Waals surface area contributed by atoms with Crippen LogP contribution in [0.25, 0.3) is 176 Å². The molecule has 0 aliphatic rings. The molecule has 0 saturated carbocycles. The predicted molar refractivity (Wildman–Crippen MR) is 432 cm³/mol. The summed E-state index contributed by atoms with van der Waals surface area (Å²) in [6, 6.07) is 76.7. The third-order valence-corrected chi connectivity index (χ3v) is 20.9. The molecular formula is C96H81N5O4+4. The van der Waals surface area contributed by atoms with E-state index in [1.807, 2.05) is 61.7 Å². The van der Waals surface area contributed by atoms with Gasteiger partial charge < -0.3 is 17.7 Å². The number of fused-ring (bicyclic) bond motifs is 17. The molecular weight excluding hydrogens is 1290 g/mol. The van der Waals surface area contributed by atoms with Crippen LogP contribution in [-0.2, 0) is 28.2 Å². The zero-order valence-corrected chi connectivity index (χ0v) is 60.6. The van der Waals surface area contributed by atoms with Crippen LogP contribution in [-0.4, -0.2) is 4.98 Å². The Kier molecular flexibility index (Phi) is 14.6. The highest BCUT2D eigenvalue weighted by Crippen LogP contribution is 2.44. The number of furan rings is 4. The molecule has 510 valence electrons. The number of nitrogens with zero attached hydrogens (tertiary/aromatic N) is 5. The quantitative estimate of drug-likeness (QED) is 0.164. The minimum absolute atomic E-state index is 0.140. The van der Waals surface area contributed by atoms with Gasteiger partial charge in [-0.15, -0.1) is 0 Å². The lowest BCUT2D eigenvalue weighted by Crippen LogP contribution is -2.31. The van der Waals surface area contributed by atoms with Crippen LogP contribution in [0.5, 0.6) is 0 Å². The van der Waals surface area contributed by atoms with Crippen LogP contribution < -0.4 is 18.3 Å². The summed E-state index contributed by atoms with van der Waals surface area (Å²) in [4.78, 5) is 4.55. The fraction of sp³-hybridized carbons (Fsp3) is 0.135. The Morgan fingerprint density at radius 2 is 0.676 bits per heavy atom. The molecule has 0 spiro atoms. The number of rotatable bonds is 4. The SMILES string of the molecule is Cc1ccc(-c2c3c(oc4cc5ccccc5cc43)c(C)c[n+]2C)c(C)c1.Cc1ccccc1-c1c2c(cc[n+]1C)oc1c2ccc2cccnc21.Cc1ccccc1-c1c2c(oc3cc4ccccc4cc32)c(C)c[n+]1C.[2H]C([2H])([2H])c1ccc(-c2c3c(oc4cc5ccccc5cc43)c(C([2H])([2H])[2H])c[n+]2C)c(C)c1. The van der Waals surface area contributed by atoms with Gasteiger partial charge in [0.25, 0.3) is 0 Å². The van der Waals surface area contributed by atoms with Crippen LogP contribution in [0.4, 0.5) is 0 Å². The molecule has 9 heteroatoms. The van der Waals surface area contributed by atoms with Gasteiger partial charge in [0, 0.05) is 69.7 Å². The van der Waals surface area contributed by atoms with Gasteiger partial charge in [-0.25, -0.2) is 4.57 Å². The van der Waals surface area contributed by atoms with E-state index in [0.29, 0.717) is 16.6 Å². The number of benzene rings is 11. The Bertz CT molecular complexity index is 7220. The van der Waals surface area contributed by atoms with Crippen molar-refractivity contribution in [1.82, 2.24) is 4.98 Å². The molecule has 9 aromatic heterocycles. The summed E-state index contributed by atoms with van der Waals surface area (Å²) in [6.07, 6.45) is 9.79. The Morgan fingerprint density at radius 3 is 1.13 bits per heavy atom. The van der Waals surface area contributed by atoms with Crippen molar-refractivity contribution >= 4 is 131 Å². The summed E-state index contributed by atoms with van der Waals surface area (Å²) in [6.45, 7) is 10.2. The van der Waals surface area contributed by atoms with Crippen LogP contribution in [0.1, 0.15) is 58.3 Å². The summed E-state index contributed by atoms with van der Waals surface area (Å²) in [5, 5.41) is 16.5. The lowest BCUT2D eigenvalue weighted by Gasteiger charge is -2.08. The van der Waals surface area contributed by atoms with Crippen LogP contribution >= 0.6 is 0 Å². The predicted octanol–water partition coefficient (Wildman–Crippen LogP) is 23.1. The number of aromatic nitrogens is 5. The molecule has 0 N–H and O–H groups in total. The number of pyridine rings is 5. The second kappa shape index (κ2) is 26.0. The second-order valence-corrected chi connectivity index (χ2v) is 28.2. The maximum atomic E-state index is 8.08. The highest BCUT2D eigenvalue weighted by atomic mass is 16.3. The molecule has 9 heterocycles. The molecule has 0 aliphatic carbocycles. The van der Waals surface area contributed by atoms with E-state index in [1.165, 1.54) is 99.1 Å². The highest BCUT2D eigenvalue weighted by molar-refractivity contribution is 6.19. The molecule has 9 nitrogen and oxygen atoms in total. The first-order chi connectivity index (χ1) is 53.3. The van der Waals surface area contributed by atoms with Gasteiger partial charge in [0.15, 0.2) is 47.1 Å². The van der Waals surface area contributed by atoms with Gasteiger partial charge >= 0.3 is 0 Å². The van der Waals surface area contributed by atoms with Crippen molar-refractivity contribution in [2.75, 3.05) is 0 Å². The summed E-state index contributed by atoms with van der Waals surface area (Å²) < 4.78 is 81.0. The minimum atomic E-state index is -2.36. The van der Waals surface area contributed by atoms with Crippen molar-refractivity contribution in [3.05, 3.63) is 306 Å². The standard InChI is InChI=1S/2C25H22NO.C24H20NO.C22H17N2O/c2*1-15-9-10-20(16(2)11-15)24-23-21-12-18-7-5-6-8-19(18)13-22(21)27-25(23)17(3)14-26(24)4;1-15-8-4-7-11-19(15)23-22-20-12-17-9-5-6-10-18(17)13-21(20)26-24(22)16(2)14-25(23)3;1-14-6-3-4-8-16(14)21-19-17-10-9-15-7-5-12-23-20(15)22(17)25-18(19)11-13-24(21)2/h2*5-14H,1-4H3;4-14H,1-3H3;3-13H,1-2H3/q4*+1/i1D3,3D3;;;. The Balaban J connectivity index is 0.000000108. The van der Waals surface area contributed by atoms with E-state index in [9.17, 15) is 0 Å². The lowest BCUT2D eigenvalue weighted by molar-refractivity contribution is -0.659. The maximum absolute atomic E-state index is 8.08. The number of hydrogen-bond acceptors (Lipinski definition) is 5. The first-order valence-corrected chi connectivity index (χ1v) is 35.5. The molecule has 0 amide bonds. The average Bonchev–Trinajstić information content (AvgIpc) is 1.61. The van der Waals surface area contributed by atoms with Gasteiger partial charge in [0.05, 0.1) is 16.7 Å². The first kappa shape index (κ1) is 59.0. The molecule has 11 aromatic carbocycles. The first-order valence-electron chi connectivity index (χ1n) is 38.5. The summed E-state index contributed by atoms with van der Waals surface area (Å²) >= 11 is 0. The van der Waals surface area contributed by atoms with Crippen LogP contribution in [0.2, 0.25) is 0 Å².